The third-order valence-electron chi connectivity index (χ3n) is 2.53. The molecular weight excluding hydrogens is 278 g/mol. The van der Waals surface area contributed by atoms with Gasteiger partial charge in [-0.2, -0.15) is 8.78 Å². The summed E-state index contributed by atoms with van der Waals surface area (Å²) in [7, 11) is 0. The maximum absolute atomic E-state index is 12.3. The number of hydrogen-bond acceptors (Lipinski definition) is 3. The van der Waals surface area contributed by atoms with E-state index in [2.05, 4.69) is 4.74 Å². The molecule has 0 N–H and O–H groups in total. The van der Waals surface area contributed by atoms with Gasteiger partial charge in [-0.25, -0.2) is 0 Å². The number of benzene rings is 1. The lowest BCUT2D eigenvalue weighted by Gasteiger charge is -2.16. The second-order valence-electron chi connectivity index (χ2n) is 4.05. The molecule has 0 radical (unpaired) electrons. The largest absolute Gasteiger partial charge is 0.489 e. The Morgan fingerprint density at radius 3 is 2.42 bits per heavy atom. The third-order valence-corrected chi connectivity index (χ3v) is 2.83. The number of ketones is 1. The number of Topliss-reactive ketones (excluding diaryl/α,β-unsaturated/α-hetero) is 1. The molecule has 0 saturated carbocycles. The fourth-order valence-electron chi connectivity index (χ4n) is 1.39. The topological polar surface area (TPSA) is 35.5 Å². The molecule has 0 fully saturated rings. The van der Waals surface area contributed by atoms with Gasteiger partial charge in [-0.05, 0) is 26.3 Å². The van der Waals surface area contributed by atoms with Gasteiger partial charge in [-0.15, -0.1) is 0 Å². The van der Waals surface area contributed by atoms with Crippen molar-refractivity contribution in [3.63, 3.8) is 0 Å². The zero-order chi connectivity index (χ0) is 14.6. The highest BCUT2D eigenvalue weighted by atomic mass is 35.5. The van der Waals surface area contributed by atoms with Crippen LogP contribution in [0.15, 0.2) is 12.1 Å². The monoisotopic (exact) mass is 292 g/mol. The van der Waals surface area contributed by atoms with Crippen LogP contribution in [0.5, 0.6) is 11.5 Å². The minimum absolute atomic E-state index is 0.00167. The molecule has 0 heterocycles. The lowest BCUT2D eigenvalue weighted by molar-refractivity contribution is -0.0502. The van der Waals surface area contributed by atoms with Gasteiger partial charge in [-0.3, -0.25) is 4.79 Å². The molecule has 0 aliphatic carbocycles. The van der Waals surface area contributed by atoms with Crippen LogP contribution in [0, 0.1) is 0 Å². The summed E-state index contributed by atoms with van der Waals surface area (Å²) in [6.45, 7) is 1.97. The summed E-state index contributed by atoms with van der Waals surface area (Å²) < 4.78 is 34.4. The molecule has 1 unspecified atom stereocenters. The van der Waals surface area contributed by atoms with Gasteiger partial charge in [0.25, 0.3) is 0 Å². The van der Waals surface area contributed by atoms with E-state index in [0.29, 0.717) is 0 Å². The smallest absolute Gasteiger partial charge is 0.387 e. The first-order chi connectivity index (χ1) is 8.85. The molecule has 19 heavy (non-hydrogen) atoms. The Hall–Kier alpha value is -1.36. The highest BCUT2D eigenvalue weighted by Gasteiger charge is 2.18. The summed E-state index contributed by atoms with van der Waals surface area (Å²) >= 11 is 5.96. The number of halogens is 3. The standard InChI is InChI=1S/C13H15ClF2O3/c1-4-7(2)18-12-6-11(19-13(15)16)9(8(3)17)5-10(12)14/h5-7,13H,4H2,1-3H3. The lowest BCUT2D eigenvalue weighted by Crippen LogP contribution is -2.12. The van der Waals surface area contributed by atoms with Crippen LogP contribution in [-0.2, 0) is 0 Å². The van der Waals surface area contributed by atoms with Gasteiger partial charge < -0.3 is 9.47 Å². The molecule has 0 aromatic heterocycles. The Labute approximate surface area is 115 Å². The zero-order valence-corrected chi connectivity index (χ0v) is 11.6. The average molecular weight is 293 g/mol. The first-order valence-electron chi connectivity index (χ1n) is 5.81. The fourth-order valence-corrected chi connectivity index (χ4v) is 1.60. The van der Waals surface area contributed by atoms with Gasteiger partial charge in [0.05, 0.1) is 16.7 Å². The van der Waals surface area contributed by atoms with Crippen molar-refractivity contribution < 1.29 is 23.0 Å². The van der Waals surface area contributed by atoms with E-state index in [-0.39, 0.29) is 28.2 Å². The van der Waals surface area contributed by atoms with Crippen LogP contribution in [-0.4, -0.2) is 18.5 Å². The van der Waals surface area contributed by atoms with Gasteiger partial charge in [0.2, 0.25) is 0 Å². The second kappa shape index (κ2) is 6.70. The van der Waals surface area contributed by atoms with Crippen LogP contribution < -0.4 is 9.47 Å². The van der Waals surface area contributed by atoms with E-state index in [9.17, 15) is 13.6 Å². The third kappa shape index (κ3) is 4.35. The Balaban J connectivity index is 3.17. The molecule has 1 atom stereocenters. The fraction of sp³-hybridized carbons (Fsp3) is 0.462. The van der Waals surface area contributed by atoms with E-state index >= 15 is 0 Å². The van der Waals surface area contributed by atoms with Crippen molar-refractivity contribution in [1.82, 2.24) is 0 Å². The number of carbonyl (C=O) groups is 1. The molecule has 106 valence electrons. The number of rotatable bonds is 6. The highest BCUT2D eigenvalue weighted by Crippen LogP contribution is 2.34. The summed E-state index contributed by atoms with van der Waals surface area (Å²) in [5.41, 5.74) is 0.00167. The molecule has 0 bridgehead atoms. The molecule has 1 aromatic carbocycles. The van der Waals surface area contributed by atoms with Crippen molar-refractivity contribution in [2.24, 2.45) is 0 Å². The molecule has 1 rings (SSSR count). The van der Waals surface area contributed by atoms with Crippen LogP contribution in [0.2, 0.25) is 5.02 Å². The number of carbonyl (C=O) groups excluding carboxylic acids is 1. The van der Waals surface area contributed by atoms with E-state index in [0.717, 1.165) is 6.42 Å². The predicted octanol–water partition coefficient (Wildman–Crippen LogP) is 4.32. The minimum Gasteiger partial charge on any atom is -0.489 e. The summed E-state index contributed by atoms with van der Waals surface area (Å²) in [6, 6.07) is 2.50. The zero-order valence-electron chi connectivity index (χ0n) is 10.9. The van der Waals surface area contributed by atoms with Crippen LogP contribution in [0.3, 0.4) is 0 Å². The summed E-state index contributed by atoms with van der Waals surface area (Å²) in [6.07, 6.45) is 0.607. The van der Waals surface area contributed by atoms with E-state index in [1.165, 1.54) is 19.1 Å². The van der Waals surface area contributed by atoms with E-state index in [1.54, 1.807) is 0 Å². The van der Waals surface area contributed by atoms with Gasteiger partial charge in [0, 0.05) is 6.07 Å². The lowest BCUT2D eigenvalue weighted by atomic mass is 10.1. The van der Waals surface area contributed by atoms with Crippen LogP contribution in [0.25, 0.3) is 0 Å². The molecule has 0 spiro atoms. The maximum atomic E-state index is 12.3. The second-order valence-corrected chi connectivity index (χ2v) is 4.46. The van der Waals surface area contributed by atoms with Gasteiger partial charge in [-0.1, -0.05) is 18.5 Å². The first-order valence-corrected chi connectivity index (χ1v) is 6.18. The summed E-state index contributed by atoms with van der Waals surface area (Å²) in [5, 5.41) is 0.187. The summed E-state index contributed by atoms with van der Waals surface area (Å²) in [5.74, 6) is -0.422. The van der Waals surface area contributed by atoms with Crippen molar-refractivity contribution >= 4 is 17.4 Å². The molecule has 3 nitrogen and oxygen atoms in total. The Bertz CT molecular complexity index is 463. The van der Waals surface area contributed by atoms with Crippen molar-refractivity contribution in [3.8, 4) is 11.5 Å². The first kappa shape index (κ1) is 15.7. The molecule has 0 amide bonds. The molecule has 0 aliphatic heterocycles. The molecular formula is C13H15ClF2O3. The average Bonchev–Trinajstić information content (AvgIpc) is 2.31. The van der Waals surface area contributed by atoms with Crippen molar-refractivity contribution in [2.45, 2.75) is 39.9 Å². The Kier molecular flexibility index (Phi) is 5.54. The van der Waals surface area contributed by atoms with Crippen LogP contribution in [0.4, 0.5) is 8.78 Å². The van der Waals surface area contributed by atoms with E-state index in [4.69, 9.17) is 16.3 Å². The quantitative estimate of drug-likeness (QED) is 0.732. The maximum Gasteiger partial charge on any atom is 0.387 e. The Morgan fingerprint density at radius 2 is 1.95 bits per heavy atom. The van der Waals surface area contributed by atoms with Gasteiger partial charge in [0.15, 0.2) is 5.78 Å². The van der Waals surface area contributed by atoms with Crippen molar-refractivity contribution in [2.75, 3.05) is 0 Å². The van der Waals surface area contributed by atoms with Crippen molar-refractivity contribution in [3.05, 3.63) is 22.7 Å². The molecule has 0 aliphatic rings. The van der Waals surface area contributed by atoms with Gasteiger partial charge >= 0.3 is 6.61 Å². The van der Waals surface area contributed by atoms with Crippen LogP contribution >= 0.6 is 11.6 Å². The number of alkyl halides is 2. The van der Waals surface area contributed by atoms with Gasteiger partial charge in [0.1, 0.15) is 11.5 Å². The molecule has 6 heteroatoms. The molecule has 0 saturated heterocycles. The van der Waals surface area contributed by atoms with Crippen LogP contribution in [0.1, 0.15) is 37.6 Å². The van der Waals surface area contributed by atoms with E-state index < -0.39 is 12.4 Å². The molecule has 1 aromatic rings. The number of ether oxygens (including phenoxy) is 2. The predicted molar refractivity (Wildman–Crippen MR) is 68.5 cm³/mol. The van der Waals surface area contributed by atoms with Crippen molar-refractivity contribution in [1.29, 1.82) is 0 Å². The summed E-state index contributed by atoms with van der Waals surface area (Å²) in [4.78, 5) is 11.4. The highest BCUT2D eigenvalue weighted by molar-refractivity contribution is 6.32. The Morgan fingerprint density at radius 1 is 1.32 bits per heavy atom. The normalized spacial score (nSPS) is 12.4. The number of hydrogen-bond donors (Lipinski definition) is 0. The SMILES string of the molecule is CCC(C)Oc1cc(OC(F)F)c(C(C)=O)cc1Cl. The minimum atomic E-state index is -3.02. The van der Waals surface area contributed by atoms with E-state index in [1.807, 2.05) is 13.8 Å².